The van der Waals surface area contributed by atoms with Crippen molar-refractivity contribution in [2.45, 2.75) is 6.92 Å². The summed E-state index contributed by atoms with van der Waals surface area (Å²) < 4.78 is 5.37. The Balaban J connectivity index is 2.31. The first-order valence-corrected chi connectivity index (χ1v) is 5.52. The van der Waals surface area contributed by atoms with Crippen LogP contribution in [0.5, 0.6) is 5.75 Å². The maximum Gasteiger partial charge on any atom is 0.185 e. The summed E-state index contributed by atoms with van der Waals surface area (Å²) in [7, 11) is 0. The third kappa shape index (κ3) is 4.65. The summed E-state index contributed by atoms with van der Waals surface area (Å²) in [6.45, 7) is 2.02. The molecule has 0 fully saturated rings. The van der Waals surface area contributed by atoms with Crippen LogP contribution in [0.25, 0.3) is 0 Å². The predicted molar refractivity (Wildman–Crippen MR) is 60.5 cm³/mol. The minimum atomic E-state index is 0.0925. The smallest absolute Gasteiger partial charge is 0.185 e. The summed E-state index contributed by atoms with van der Waals surface area (Å²) in [4.78, 5) is 21.0. The minimum Gasteiger partial charge on any atom is -0.493 e. The molecule has 0 spiro atoms. The van der Waals surface area contributed by atoms with E-state index in [2.05, 4.69) is 0 Å². The van der Waals surface area contributed by atoms with E-state index in [1.54, 1.807) is 24.3 Å². The fourth-order valence-electron chi connectivity index (χ4n) is 0.988. The molecule has 1 rings (SSSR count). The fourth-order valence-corrected chi connectivity index (χ4v) is 1.44. The van der Waals surface area contributed by atoms with Crippen molar-refractivity contribution >= 4 is 23.2 Å². The number of carbonyl (C=O) groups excluding carboxylic acids is 2. The van der Waals surface area contributed by atoms with Gasteiger partial charge in [-0.1, -0.05) is 11.8 Å². The normalized spacial score (nSPS) is 9.67. The molecule has 0 aromatic heterocycles. The highest BCUT2D eigenvalue weighted by Gasteiger charge is 1.96. The number of aldehydes is 1. The third-order valence-electron chi connectivity index (χ3n) is 1.67. The molecule has 0 radical (unpaired) electrons. The van der Waals surface area contributed by atoms with Gasteiger partial charge < -0.3 is 4.74 Å². The maximum absolute atomic E-state index is 10.6. The van der Waals surface area contributed by atoms with Crippen LogP contribution in [0.15, 0.2) is 24.3 Å². The highest BCUT2D eigenvalue weighted by atomic mass is 32.2. The van der Waals surface area contributed by atoms with Crippen LogP contribution in [-0.4, -0.2) is 23.8 Å². The van der Waals surface area contributed by atoms with E-state index in [4.69, 9.17) is 4.74 Å². The lowest BCUT2D eigenvalue weighted by Gasteiger charge is -2.04. The molecule has 0 aliphatic carbocycles. The van der Waals surface area contributed by atoms with Crippen molar-refractivity contribution in [3.05, 3.63) is 29.8 Å². The molecule has 0 atom stereocenters. The molecule has 1 aromatic rings. The topological polar surface area (TPSA) is 43.4 Å². The summed E-state index contributed by atoms with van der Waals surface area (Å²) in [5.41, 5.74) is 0.625. The van der Waals surface area contributed by atoms with Crippen LogP contribution in [0.1, 0.15) is 17.3 Å². The van der Waals surface area contributed by atoms with Gasteiger partial charge in [-0.2, -0.15) is 0 Å². The van der Waals surface area contributed by atoms with Gasteiger partial charge in [0.1, 0.15) is 12.0 Å². The quantitative estimate of drug-likeness (QED) is 0.568. The number of thioether (sulfide) groups is 1. The second kappa shape index (κ2) is 6.24. The molecule has 0 amide bonds. The van der Waals surface area contributed by atoms with Crippen LogP contribution in [0.3, 0.4) is 0 Å². The standard InChI is InChI=1S/C11H12O3S/c1-9(13)15-7-6-14-11-4-2-10(8-12)3-5-11/h2-5,8H,6-7H2,1H3. The van der Waals surface area contributed by atoms with E-state index in [0.29, 0.717) is 23.7 Å². The van der Waals surface area contributed by atoms with Crippen molar-refractivity contribution in [2.24, 2.45) is 0 Å². The molecular formula is C11H12O3S. The Morgan fingerprint density at radius 3 is 2.60 bits per heavy atom. The van der Waals surface area contributed by atoms with Crippen LogP contribution in [-0.2, 0) is 4.79 Å². The third-order valence-corrected chi connectivity index (χ3v) is 2.45. The van der Waals surface area contributed by atoms with Crippen molar-refractivity contribution in [3.63, 3.8) is 0 Å². The lowest BCUT2D eigenvalue weighted by Crippen LogP contribution is -2.01. The minimum absolute atomic E-state index is 0.0925. The van der Waals surface area contributed by atoms with Crippen LogP contribution in [0, 0.1) is 0 Å². The molecule has 0 aliphatic heterocycles. The van der Waals surface area contributed by atoms with Gasteiger partial charge in [-0.25, -0.2) is 0 Å². The van der Waals surface area contributed by atoms with Crippen LogP contribution < -0.4 is 4.74 Å². The summed E-state index contributed by atoms with van der Waals surface area (Å²) >= 11 is 1.24. The summed E-state index contributed by atoms with van der Waals surface area (Å²) in [5, 5.41) is 0.0925. The average molecular weight is 224 g/mol. The fraction of sp³-hybridized carbons (Fsp3) is 0.273. The number of rotatable bonds is 5. The molecule has 0 N–H and O–H groups in total. The molecule has 0 saturated carbocycles. The first-order valence-electron chi connectivity index (χ1n) is 4.54. The zero-order chi connectivity index (χ0) is 11.1. The SMILES string of the molecule is CC(=O)SCCOc1ccc(C=O)cc1. The van der Waals surface area contributed by atoms with Gasteiger partial charge in [-0.3, -0.25) is 9.59 Å². The van der Waals surface area contributed by atoms with Crippen molar-refractivity contribution in [1.82, 2.24) is 0 Å². The summed E-state index contributed by atoms with van der Waals surface area (Å²) in [5.74, 6) is 1.36. The Morgan fingerprint density at radius 2 is 2.07 bits per heavy atom. The summed E-state index contributed by atoms with van der Waals surface area (Å²) in [6, 6.07) is 6.87. The molecule has 1 aromatic carbocycles. The van der Waals surface area contributed by atoms with Crippen molar-refractivity contribution < 1.29 is 14.3 Å². The van der Waals surface area contributed by atoms with Crippen LogP contribution >= 0.6 is 11.8 Å². The number of hydrogen-bond acceptors (Lipinski definition) is 4. The van der Waals surface area contributed by atoms with E-state index in [1.165, 1.54) is 18.7 Å². The predicted octanol–water partition coefficient (Wildman–Crippen LogP) is 2.16. The number of benzene rings is 1. The van der Waals surface area contributed by atoms with Gasteiger partial charge >= 0.3 is 0 Å². The lowest BCUT2D eigenvalue weighted by atomic mass is 10.2. The zero-order valence-corrected chi connectivity index (χ0v) is 9.25. The molecule has 0 unspecified atom stereocenters. The van der Waals surface area contributed by atoms with Gasteiger partial charge in [0.05, 0.1) is 6.61 Å². The maximum atomic E-state index is 10.6. The number of hydrogen-bond donors (Lipinski definition) is 0. The molecule has 15 heavy (non-hydrogen) atoms. The molecule has 4 heteroatoms. The Bertz CT molecular complexity index is 332. The molecule has 0 saturated heterocycles. The Hall–Kier alpha value is -1.29. The first-order chi connectivity index (χ1) is 7.22. The summed E-state index contributed by atoms with van der Waals surface area (Å²) in [6.07, 6.45) is 0.787. The Kier molecular flexibility index (Phi) is 4.90. The lowest BCUT2D eigenvalue weighted by molar-refractivity contribution is -0.109. The Labute approximate surface area is 92.8 Å². The van der Waals surface area contributed by atoms with Gasteiger partial charge in [0.2, 0.25) is 0 Å². The van der Waals surface area contributed by atoms with Gasteiger partial charge in [-0.05, 0) is 24.3 Å². The van der Waals surface area contributed by atoms with E-state index in [-0.39, 0.29) is 5.12 Å². The van der Waals surface area contributed by atoms with Gasteiger partial charge in [0.15, 0.2) is 5.12 Å². The average Bonchev–Trinajstić information content (AvgIpc) is 2.25. The molecule has 0 aliphatic rings. The Morgan fingerprint density at radius 1 is 1.40 bits per heavy atom. The van der Waals surface area contributed by atoms with Gasteiger partial charge in [0.25, 0.3) is 0 Å². The molecule has 3 nitrogen and oxygen atoms in total. The number of carbonyl (C=O) groups is 2. The highest BCUT2D eigenvalue weighted by molar-refractivity contribution is 8.13. The first kappa shape index (κ1) is 11.8. The number of ether oxygens (including phenoxy) is 1. The van der Waals surface area contributed by atoms with E-state index in [1.807, 2.05) is 0 Å². The van der Waals surface area contributed by atoms with E-state index < -0.39 is 0 Å². The van der Waals surface area contributed by atoms with Gasteiger partial charge in [-0.15, -0.1) is 0 Å². The van der Waals surface area contributed by atoms with Crippen LogP contribution in [0.4, 0.5) is 0 Å². The van der Waals surface area contributed by atoms with Gasteiger partial charge in [0, 0.05) is 18.2 Å². The van der Waals surface area contributed by atoms with Crippen molar-refractivity contribution in [3.8, 4) is 5.75 Å². The largest absolute Gasteiger partial charge is 0.493 e. The van der Waals surface area contributed by atoms with E-state index >= 15 is 0 Å². The van der Waals surface area contributed by atoms with E-state index in [0.717, 1.165) is 6.29 Å². The second-order valence-corrected chi connectivity index (χ2v) is 4.15. The molecular weight excluding hydrogens is 212 g/mol. The molecule has 0 heterocycles. The zero-order valence-electron chi connectivity index (χ0n) is 8.43. The monoisotopic (exact) mass is 224 g/mol. The second-order valence-electron chi connectivity index (χ2n) is 2.88. The van der Waals surface area contributed by atoms with Crippen molar-refractivity contribution in [2.75, 3.05) is 12.4 Å². The molecule has 0 bridgehead atoms. The van der Waals surface area contributed by atoms with E-state index in [9.17, 15) is 9.59 Å². The highest BCUT2D eigenvalue weighted by Crippen LogP contribution is 2.11. The van der Waals surface area contributed by atoms with Crippen molar-refractivity contribution in [1.29, 1.82) is 0 Å². The van der Waals surface area contributed by atoms with Crippen LogP contribution in [0.2, 0.25) is 0 Å². The molecule has 80 valence electrons.